The number of aryl methyl sites for hydroxylation is 2. The number of carbonyl (C=O) groups is 1. The largest absolute Gasteiger partial charge is 0.486 e. The predicted molar refractivity (Wildman–Crippen MR) is 100 cm³/mol. The number of carbonyl (C=O) groups excluding carboxylic acids is 1. The van der Waals surface area contributed by atoms with E-state index in [4.69, 9.17) is 9.15 Å². The van der Waals surface area contributed by atoms with E-state index in [-0.39, 0.29) is 23.7 Å². The molecule has 1 heterocycles. The number of anilines is 1. The van der Waals surface area contributed by atoms with Crippen molar-refractivity contribution in [3.63, 3.8) is 0 Å². The molecule has 0 saturated heterocycles. The fourth-order valence-electron chi connectivity index (χ4n) is 2.46. The van der Waals surface area contributed by atoms with Gasteiger partial charge in [0.05, 0.1) is 4.92 Å². The summed E-state index contributed by atoms with van der Waals surface area (Å²) in [5.74, 6) is 0.662. The van der Waals surface area contributed by atoms with Gasteiger partial charge in [-0.15, -0.1) is 0 Å². The van der Waals surface area contributed by atoms with Crippen LogP contribution in [0.5, 0.6) is 5.75 Å². The molecule has 2 aromatic carbocycles. The van der Waals surface area contributed by atoms with Crippen LogP contribution in [0.1, 0.15) is 27.4 Å². The van der Waals surface area contributed by atoms with Crippen molar-refractivity contribution in [2.45, 2.75) is 20.5 Å². The molecule has 1 amide bonds. The maximum absolute atomic E-state index is 12.3. The molecule has 0 aliphatic rings. The van der Waals surface area contributed by atoms with Crippen molar-refractivity contribution in [2.75, 3.05) is 5.32 Å². The van der Waals surface area contributed by atoms with E-state index in [2.05, 4.69) is 5.32 Å². The van der Waals surface area contributed by atoms with Crippen LogP contribution in [-0.2, 0) is 6.61 Å². The Kier molecular flexibility index (Phi) is 5.21. The lowest BCUT2D eigenvalue weighted by molar-refractivity contribution is -0.383. The highest BCUT2D eigenvalue weighted by molar-refractivity contribution is 6.03. The summed E-state index contributed by atoms with van der Waals surface area (Å²) in [7, 11) is 0. The highest BCUT2D eigenvalue weighted by Gasteiger charge is 2.18. The van der Waals surface area contributed by atoms with Gasteiger partial charge in [-0.3, -0.25) is 14.9 Å². The van der Waals surface area contributed by atoms with Crippen molar-refractivity contribution < 1.29 is 18.9 Å². The summed E-state index contributed by atoms with van der Waals surface area (Å²) < 4.78 is 11.2. The van der Waals surface area contributed by atoms with Gasteiger partial charge in [-0.05, 0) is 55.3 Å². The van der Waals surface area contributed by atoms with Gasteiger partial charge in [0, 0.05) is 6.07 Å². The van der Waals surface area contributed by atoms with Crippen molar-refractivity contribution in [1.82, 2.24) is 0 Å². The van der Waals surface area contributed by atoms with E-state index < -0.39 is 10.8 Å². The Balaban J connectivity index is 1.65. The molecular formula is C20H18N2O5. The molecule has 0 unspecified atom stereocenters. The fourth-order valence-corrected chi connectivity index (χ4v) is 2.46. The molecular weight excluding hydrogens is 348 g/mol. The molecule has 0 bridgehead atoms. The van der Waals surface area contributed by atoms with Crippen molar-refractivity contribution in [1.29, 1.82) is 0 Å². The van der Waals surface area contributed by atoms with Gasteiger partial charge in [0.1, 0.15) is 23.8 Å². The number of nitro benzene ring substituents is 1. The van der Waals surface area contributed by atoms with Gasteiger partial charge in [-0.25, -0.2) is 0 Å². The van der Waals surface area contributed by atoms with E-state index in [1.165, 1.54) is 29.8 Å². The first-order valence-electron chi connectivity index (χ1n) is 8.27. The zero-order valence-corrected chi connectivity index (χ0v) is 14.9. The molecule has 3 aromatic rings. The van der Waals surface area contributed by atoms with Crippen LogP contribution in [0.3, 0.4) is 0 Å². The minimum Gasteiger partial charge on any atom is -0.486 e. The van der Waals surface area contributed by atoms with Gasteiger partial charge >= 0.3 is 0 Å². The minimum atomic E-state index is -0.568. The number of hydrogen-bond donors (Lipinski definition) is 1. The second-order valence-corrected chi connectivity index (χ2v) is 6.03. The second kappa shape index (κ2) is 7.74. The number of nitrogens with zero attached hydrogens (tertiary/aromatic N) is 1. The maximum atomic E-state index is 12.3. The molecule has 0 aliphatic carbocycles. The van der Waals surface area contributed by atoms with Crippen LogP contribution in [0.4, 0.5) is 11.4 Å². The third-order valence-corrected chi connectivity index (χ3v) is 4.09. The third-order valence-electron chi connectivity index (χ3n) is 4.09. The van der Waals surface area contributed by atoms with Crippen molar-refractivity contribution in [3.05, 3.63) is 87.4 Å². The van der Waals surface area contributed by atoms with E-state index in [0.29, 0.717) is 11.5 Å². The molecule has 0 fully saturated rings. The number of furan rings is 1. The standard InChI is InChI=1S/C20H18N2O5/c1-13-7-8-15(11-14(13)2)26-12-16-9-10-19(27-16)20(23)21-17-5-3-4-6-18(17)22(24)25/h3-11H,12H2,1-2H3,(H,21,23). The predicted octanol–water partition coefficient (Wildman–Crippen LogP) is 4.64. The molecule has 1 aromatic heterocycles. The summed E-state index contributed by atoms with van der Waals surface area (Å²) in [5, 5.41) is 13.5. The number of amides is 1. The average molecular weight is 366 g/mol. The van der Waals surface area contributed by atoms with Crippen molar-refractivity contribution in [2.24, 2.45) is 0 Å². The van der Waals surface area contributed by atoms with E-state index >= 15 is 0 Å². The maximum Gasteiger partial charge on any atom is 0.292 e. The van der Waals surface area contributed by atoms with Gasteiger partial charge in [0.25, 0.3) is 11.6 Å². The van der Waals surface area contributed by atoms with Crippen LogP contribution in [0, 0.1) is 24.0 Å². The van der Waals surface area contributed by atoms with Crippen LogP contribution in [0.15, 0.2) is 59.0 Å². The first kappa shape index (κ1) is 18.2. The summed E-state index contributed by atoms with van der Waals surface area (Å²) in [6.07, 6.45) is 0. The first-order chi connectivity index (χ1) is 12.9. The fraction of sp³-hybridized carbons (Fsp3) is 0.150. The number of ether oxygens (including phenoxy) is 1. The molecule has 3 rings (SSSR count). The van der Waals surface area contributed by atoms with Crippen LogP contribution in [-0.4, -0.2) is 10.8 Å². The smallest absolute Gasteiger partial charge is 0.292 e. The van der Waals surface area contributed by atoms with E-state index in [1.807, 2.05) is 32.0 Å². The molecule has 1 N–H and O–H groups in total. The Bertz CT molecular complexity index is 994. The lowest BCUT2D eigenvalue weighted by atomic mass is 10.1. The van der Waals surface area contributed by atoms with Gasteiger partial charge in [-0.1, -0.05) is 18.2 Å². The molecule has 0 saturated carbocycles. The number of nitrogens with one attached hydrogen (secondary N) is 1. The number of rotatable bonds is 6. The van der Waals surface area contributed by atoms with Crippen LogP contribution < -0.4 is 10.1 Å². The zero-order valence-electron chi connectivity index (χ0n) is 14.9. The van der Waals surface area contributed by atoms with Crippen LogP contribution in [0.25, 0.3) is 0 Å². The Morgan fingerprint density at radius 2 is 1.89 bits per heavy atom. The summed E-state index contributed by atoms with van der Waals surface area (Å²) in [6.45, 7) is 4.19. The third kappa shape index (κ3) is 4.33. The number of hydrogen-bond acceptors (Lipinski definition) is 5. The Hall–Kier alpha value is -3.61. The number of nitro groups is 1. The van der Waals surface area contributed by atoms with Crippen LogP contribution >= 0.6 is 0 Å². The monoisotopic (exact) mass is 366 g/mol. The summed E-state index contributed by atoms with van der Waals surface area (Å²) >= 11 is 0. The van der Waals surface area contributed by atoms with E-state index in [0.717, 1.165) is 5.56 Å². The van der Waals surface area contributed by atoms with Gasteiger partial charge < -0.3 is 14.5 Å². The molecule has 0 aliphatic heterocycles. The average Bonchev–Trinajstić information content (AvgIpc) is 3.12. The lowest BCUT2D eigenvalue weighted by Gasteiger charge is -2.07. The Labute approximate surface area is 155 Å². The Morgan fingerprint density at radius 1 is 1.11 bits per heavy atom. The van der Waals surface area contributed by atoms with Crippen LogP contribution in [0.2, 0.25) is 0 Å². The minimum absolute atomic E-state index is 0.0480. The zero-order chi connectivity index (χ0) is 19.4. The molecule has 7 nitrogen and oxygen atoms in total. The van der Waals surface area contributed by atoms with Crippen molar-refractivity contribution >= 4 is 17.3 Å². The number of benzene rings is 2. The molecule has 0 spiro atoms. The SMILES string of the molecule is Cc1ccc(OCc2ccc(C(=O)Nc3ccccc3[N+](=O)[O-])o2)cc1C. The molecule has 7 heteroatoms. The summed E-state index contributed by atoms with van der Waals surface area (Å²) in [4.78, 5) is 22.8. The van der Waals surface area contributed by atoms with E-state index in [9.17, 15) is 14.9 Å². The van der Waals surface area contributed by atoms with Gasteiger partial charge in [-0.2, -0.15) is 0 Å². The first-order valence-corrected chi connectivity index (χ1v) is 8.27. The molecule has 0 atom stereocenters. The normalized spacial score (nSPS) is 10.4. The summed E-state index contributed by atoms with van der Waals surface area (Å²) in [5.41, 5.74) is 2.22. The lowest BCUT2D eigenvalue weighted by Crippen LogP contribution is -2.12. The highest BCUT2D eigenvalue weighted by atomic mass is 16.6. The molecule has 27 heavy (non-hydrogen) atoms. The highest BCUT2D eigenvalue weighted by Crippen LogP contribution is 2.24. The van der Waals surface area contributed by atoms with E-state index in [1.54, 1.807) is 12.1 Å². The van der Waals surface area contributed by atoms with Crippen molar-refractivity contribution in [3.8, 4) is 5.75 Å². The second-order valence-electron chi connectivity index (χ2n) is 6.03. The van der Waals surface area contributed by atoms with Gasteiger partial charge in [0.2, 0.25) is 0 Å². The molecule has 0 radical (unpaired) electrons. The quantitative estimate of drug-likeness (QED) is 0.507. The summed E-state index contributed by atoms with van der Waals surface area (Å²) in [6, 6.07) is 14.8. The number of para-hydroxylation sites is 2. The molecule has 138 valence electrons. The Morgan fingerprint density at radius 3 is 2.63 bits per heavy atom. The topological polar surface area (TPSA) is 94.6 Å². The van der Waals surface area contributed by atoms with Gasteiger partial charge in [0.15, 0.2) is 5.76 Å².